The first-order valence-corrected chi connectivity index (χ1v) is 23.4. The average molecular weight is 803 g/mol. The van der Waals surface area contributed by atoms with Gasteiger partial charge in [-0.15, -0.1) is 0 Å². The summed E-state index contributed by atoms with van der Waals surface area (Å²) in [6, 6.07) is 50.6. The van der Waals surface area contributed by atoms with Gasteiger partial charge in [0.15, 0.2) is 0 Å². The SMILES string of the molecule is CC(C)(C)c1ccc(CCC2Cc3ccc(C(C)(C)C)cc3B3c4cc(C(C)(C)C)ccc4CC(c4ccccc4-c4ccccc4)CCc4cc(C(C)(C)C)cc2c43)cc1. The Labute approximate surface area is 370 Å². The fourth-order valence-corrected chi connectivity index (χ4v) is 10.4. The minimum atomic E-state index is 0.0282. The highest BCUT2D eigenvalue weighted by Gasteiger charge is 2.39. The molecule has 2 heterocycles. The zero-order valence-electron chi connectivity index (χ0n) is 39.6. The maximum absolute atomic E-state index is 2.68. The lowest BCUT2D eigenvalue weighted by Crippen LogP contribution is -2.56. The summed E-state index contributed by atoms with van der Waals surface area (Å²) in [5, 5.41) is 0. The third-order valence-corrected chi connectivity index (χ3v) is 14.3. The standard InChI is InChI=1S/C60H71B/c1-57(2,3)47-30-23-40(24-31-47)22-25-43-35-45-29-33-49(59(7,8)9)39-55(45)61-54-38-48(58(4,5)6)32-28-44(54)34-42(52-21-17-16-20-51(52)41-18-14-13-15-19-41)26-27-46-36-50(60(10,11)12)37-53(43)56(46)61/h13-21,23-24,28-33,36-39,42-43H,22,25-27,34-35H2,1-12H3. The molecule has 2 aliphatic heterocycles. The van der Waals surface area contributed by atoms with E-state index >= 15 is 0 Å². The summed E-state index contributed by atoms with van der Waals surface area (Å²) in [4.78, 5) is 0. The van der Waals surface area contributed by atoms with E-state index in [-0.39, 0.29) is 28.4 Å². The topological polar surface area (TPSA) is 0 Å². The summed E-state index contributed by atoms with van der Waals surface area (Å²) in [5.74, 6) is 0.784. The molecule has 0 N–H and O–H groups in total. The number of hydrogen-bond donors (Lipinski definition) is 0. The number of hydrogen-bond acceptors (Lipinski definition) is 0. The zero-order valence-corrected chi connectivity index (χ0v) is 39.6. The van der Waals surface area contributed by atoms with Crippen molar-refractivity contribution in [3.8, 4) is 11.1 Å². The lowest BCUT2D eigenvalue weighted by Gasteiger charge is -2.30. The molecule has 2 aliphatic rings. The normalized spacial score (nSPS) is 17.0. The number of aryl methyl sites for hydroxylation is 2. The summed E-state index contributed by atoms with van der Waals surface area (Å²) in [7, 11) is 0. The van der Waals surface area contributed by atoms with Crippen LogP contribution >= 0.6 is 0 Å². The zero-order chi connectivity index (χ0) is 43.5. The van der Waals surface area contributed by atoms with Crippen molar-refractivity contribution in [1.29, 1.82) is 0 Å². The van der Waals surface area contributed by atoms with Gasteiger partial charge in [-0.2, -0.15) is 0 Å². The Morgan fingerprint density at radius 3 is 1.61 bits per heavy atom. The fourth-order valence-electron chi connectivity index (χ4n) is 10.4. The van der Waals surface area contributed by atoms with E-state index < -0.39 is 0 Å². The molecule has 0 nitrogen and oxygen atoms in total. The molecule has 6 aromatic carbocycles. The highest BCUT2D eigenvalue weighted by Crippen LogP contribution is 2.39. The molecule has 61 heavy (non-hydrogen) atoms. The lowest BCUT2D eigenvalue weighted by molar-refractivity contribution is 0.578. The molecular formula is C60H71B. The molecule has 0 amide bonds. The van der Waals surface area contributed by atoms with Crippen molar-refractivity contribution in [2.24, 2.45) is 0 Å². The van der Waals surface area contributed by atoms with Crippen LogP contribution in [0.1, 0.15) is 163 Å². The third kappa shape index (κ3) is 9.01. The molecular weight excluding hydrogens is 731 g/mol. The van der Waals surface area contributed by atoms with Crippen molar-refractivity contribution < 1.29 is 0 Å². The molecule has 6 aromatic rings. The summed E-state index contributed by atoms with van der Waals surface area (Å²) in [6.07, 6.45) is 6.47. The van der Waals surface area contributed by atoms with Crippen LogP contribution in [0.4, 0.5) is 0 Å². The maximum atomic E-state index is 2.68. The first kappa shape index (κ1) is 43.1. The van der Waals surface area contributed by atoms with Crippen LogP contribution in [-0.2, 0) is 47.3 Å². The molecule has 1 heteroatoms. The van der Waals surface area contributed by atoms with Crippen LogP contribution in [0.5, 0.6) is 0 Å². The summed E-state index contributed by atoms with van der Waals surface area (Å²) in [5.41, 5.74) is 22.5. The van der Waals surface area contributed by atoms with Gasteiger partial charge in [0, 0.05) is 0 Å². The van der Waals surface area contributed by atoms with Crippen LogP contribution in [0.15, 0.2) is 127 Å². The van der Waals surface area contributed by atoms with Crippen molar-refractivity contribution in [2.75, 3.05) is 0 Å². The van der Waals surface area contributed by atoms with Gasteiger partial charge >= 0.3 is 0 Å². The van der Waals surface area contributed by atoms with E-state index in [2.05, 4.69) is 210 Å². The van der Waals surface area contributed by atoms with E-state index in [1.807, 2.05) is 0 Å². The van der Waals surface area contributed by atoms with Crippen molar-refractivity contribution in [1.82, 2.24) is 0 Å². The predicted molar refractivity (Wildman–Crippen MR) is 267 cm³/mol. The van der Waals surface area contributed by atoms with Crippen LogP contribution in [0, 0.1) is 0 Å². The smallest absolute Gasteiger partial charge is 0.0652 e. The van der Waals surface area contributed by atoms with Gasteiger partial charge < -0.3 is 0 Å². The van der Waals surface area contributed by atoms with Crippen LogP contribution in [0.2, 0.25) is 0 Å². The molecule has 0 aliphatic carbocycles. The van der Waals surface area contributed by atoms with Gasteiger partial charge in [0.2, 0.25) is 6.71 Å². The highest BCUT2D eigenvalue weighted by molar-refractivity contribution is 6.96. The molecule has 2 atom stereocenters. The van der Waals surface area contributed by atoms with Crippen molar-refractivity contribution >= 4 is 23.1 Å². The molecule has 0 saturated heterocycles. The molecule has 8 rings (SSSR count). The predicted octanol–water partition coefficient (Wildman–Crippen LogP) is 13.6. The lowest BCUT2D eigenvalue weighted by atomic mass is 9.34. The molecule has 0 saturated carbocycles. The summed E-state index contributed by atoms with van der Waals surface area (Å²) in [6.45, 7) is 28.7. The number of fused-ring (bicyclic) bond motifs is 4. The Hall–Kier alpha value is -4.62. The molecule has 314 valence electrons. The van der Waals surface area contributed by atoms with Gasteiger partial charge in [-0.3, -0.25) is 0 Å². The van der Waals surface area contributed by atoms with Gasteiger partial charge in [-0.1, -0.05) is 244 Å². The van der Waals surface area contributed by atoms with E-state index in [1.165, 1.54) is 66.6 Å². The van der Waals surface area contributed by atoms with Gasteiger partial charge in [-0.25, -0.2) is 0 Å². The van der Waals surface area contributed by atoms with Gasteiger partial charge in [0.25, 0.3) is 0 Å². The quantitative estimate of drug-likeness (QED) is 0.152. The molecule has 0 aromatic heterocycles. The molecule has 0 fully saturated rings. The van der Waals surface area contributed by atoms with E-state index in [4.69, 9.17) is 0 Å². The van der Waals surface area contributed by atoms with E-state index in [1.54, 1.807) is 16.6 Å². The number of benzene rings is 6. The second-order valence-corrected chi connectivity index (χ2v) is 22.9. The second kappa shape index (κ2) is 16.3. The Morgan fingerprint density at radius 2 is 1.02 bits per heavy atom. The molecule has 0 radical (unpaired) electrons. The minimum Gasteiger partial charge on any atom is -0.0652 e. The van der Waals surface area contributed by atoms with Crippen molar-refractivity contribution in [2.45, 2.75) is 155 Å². The van der Waals surface area contributed by atoms with Gasteiger partial charge in [-0.05, 0) is 122 Å². The van der Waals surface area contributed by atoms with Crippen LogP contribution in [0.25, 0.3) is 11.1 Å². The van der Waals surface area contributed by atoms with Crippen LogP contribution in [-0.4, -0.2) is 6.71 Å². The monoisotopic (exact) mass is 803 g/mol. The molecule has 0 spiro atoms. The minimum absolute atomic E-state index is 0.0282. The largest absolute Gasteiger partial charge is 0.242 e. The first-order chi connectivity index (χ1) is 28.8. The van der Waals surface area contributed by atoms with Crippen LogP contribution in [0.3, 0.4) is 0 Å². The van der Waals surface area contributed by atoms with Gasteiger partial charge in [0.1, 0.15) is 0 Å². The molecule has 0 bridgehead atoms. The Morgan fingerprint density at radius 1 is 0.475 bits per heavy atom. The van der Waals surface area contributed by atoms with Crippen LogP contribution < -0.4 is 16.4 Å². The van der Waals surface area contributed by atoms with Crippen molar-refractivity contribution in [3.05, 3.63) is 183 Å². The Kier molecular flexibility index (Phi) is 11.5. The summed E-state index contributed by atoms with van der Waals surface area (Å²) >= 11 is 0. The Bertz CT molecular complexity index is 2510. The van der Waals surface area contributed by atoms with E-state index in [0.29, 0.717) is 11.8 Å². The highest BCUT2D eigenvalue weighted by atomic mass is 14.3. The Balaban J connectivity index is 1.39. The fraction of sp³-hybridized carbons (Fsp3) is 0.400. The van der Waals surface area contributed by atoms with E-state index in [0.717, 1.165) is 38.5 Å². The van der Waals surface area contributed by atoms with Crippen molar-refractivity contribution in [3.63, 3.8) is 0 Å². The van der Waals surface area contributed by atoms with Gasteiger partial charge in [0.05, 0.1) is 0 Å². The maximum Gasteiger partial charge on any atom is 0.242 e. The number of rotatable bonds is 5. The molecule has 2 unspecified atom stereocenters. The summed E-state index contributed by atoms with van der Waals surface area (Å²) < 4.78 is 0. The average Bonchev–Trinajstić information content (AvgIpc) is 3.29. The second-order valence-electron chi connectivity index (χ2n) is 22.9. The third-order valence-electron chi connectivity index (χ3n) is 14.3. The van der Waals surface area contributed by atoms with E-state index in [9.17, 15) is 0 Å². The first-order valence-electron chi connectivity index (χ1n) is 23.4.